The average Bonchev–Trinajstić information content (AvgIpc) is 2.66. The molecule has 0 saturated carbocycles. The van der Waals surface area contributed by atoms with Crippen LogP contribution in [-0.2, 0) is 0 Å². The van der Waals surface area contributed by atoms with Crippen molar-refractivity contribution in [2.45, 2.75) is 13.8 Å². The number of amides is 1. The van der Waals surface area contributed by atoms with Crippen molar-refractivity contribution in [1.29, 1.82) is 0 Å². The molecular formula is C20H26N2O3. The van der Waals surface area contributed by atoms with Crippen LogP contribution in [-0.4, -0.2) is 44.2 Å². The molecule has 1 N–H and O–H groups in total. The van der Waals surface area contributed by atoms with E-state index >= 15 is 0 Å². The molecule has 0 unspecified atom stereocenters. The van der Waals surface area contributed by atoms with Crippen LogP contribution < -0.4 is 14.8 Å². The number of hydrogen-bond acceptors (Lipinski definition) is 4. The van der Waals surface area contributed by atoms with Gasteiger partial charge >= 0.3 is 0 Å². The predicted octanol–water partition coefficient (Wildman–Crippen LogP) is 3.67. The molecule has 0 aliphatic rings. The molecule has 0 spiro atoms. The quantitative estimate of drug-likeness (QED) is 0.755. The summed E-state index contributed by atoms with van der Waals surface area (Å²) in [6, 6.07) is 14.5. The summed E-state index contributed by atoms with van der Waals surface area (Å²) in [5.41, 5.74) is 1.22. The van der Waals surface area contributed by atoms with Crippen LogP contribution in [0, 0.1) is 0 Å². The molecule has 2 aromatic rings. The van der Waals surface area contributed by atoms with E-state index in [1.54, 1.807) is 19.2 Å². The molecule has 2 aromatic carbocycles. The van der Waals surface area contributed by atoms with Gasteiger partial charge in [-0.3, -0.25) is 4.79 Å². The maximum Gasteiger partial charge on any atom is 0.259 e. The SMILES string of the molecule is CCN(CC)CCOc1ccc(NC(=O)c2ccccc2OC)cc1. The van der Waals surface area contributed by atoms with Gasteiger partial charge in [0.15, 0.2) is 0 Å². The Balaban J connectivity index is 1.90. The molecule has 0 radical (unpaired) electrons. The van der Waals surface area contributed by atoms with Crippen LogP contribution in [0.4, 0.5) is 5.69 Å². The molecule has 0 fully saturated rings. The van der Waals surface area contributed by atoms with Crippen molar-refractivity contribution >= 4 is 11.6 Å². The number of nitrogens with zero attached hydrogens (tertiary/aromatic N) is 1. The summed E-state index contributed by atoms with van der Waals surface area (Å²) in [7, 11) is 1.55. The van der Waals surface area contributed by atoms with Crippen molar-refractivity contribution < 1.29 is 14.3 Å². The highest BCUT2D eigenvalue weighted by molar-refractivity contribution is 6.06. The summed E-state index contributed by atoms with van der Waals surface area (Å²) in [5, 5.41) is 2.87. The zero-order chi connectivity index (χ0) is 18.1. The lowest BCUT2D eigenvalue weighted by atomic mass is 10.2. The van der Waals surface area contributed by atoms with Crippen LogP contribution in [0.1, 0.15) is 24.2 Å². The smallest absolute Gasteiger partial charge is 0.259 e. The average molecular weight is 342 g/mol. The van der Waals surface area contributed by atoms with Crippen molar-refractivity contribution in [3.05, 3.63) is 54.1 Å². The minimum Gasteiger partial charge on any atom is -0.496 e. The second-order valence-corrected chi connectivity index (χ2v) is 5.55. The fourth-order valence-electron chi connectivity index (χ4n) is 2.50. The van der Waals surface area contributed by atoms with Crippen molar-refractivity contribution in [1.82, 2.24) is 4.90 Å². The third-order valence-corrected chi connectivity index (χ3v) is 4.03. The normalized spacial score (nSPS) is 10.6. The Bertz CT molecular complexity index is 667. The number of anilines is 1. The first-order valence-electron chi connectivity index (χ1n) is 8.57. The van der Waals surface area contributed by atoms with Gasteiger partial charge in [-0.05, 0) is 49.5 Å². The fraction of sp³-hybridized carbons (Fsp3) is 0.350. The molecule has 0 heterocycles. The van der Waals surface area contributed by atoms with Gasteiger partial charge in [0.05, 0.1) is 12.7 Å². The summed E-state index contributed by atoms with van der Waals surface area (Å²) in [4.78, 5) is 14.7. The summed E-state index contributed by atoms with van der Waals surface area (Å²) in [6.45, 7) is 7.88. The van der Waals surface area contributed by atoms with E-state index in [4.69, 9.17) is 9.47 Å². The van der Waals surface area contributed by atoms with E-state index in [2.05, 4.69) is 24.1 Å². The number of ether oxygens (including phenoxy) is 2. The number of likely N-dealkylation sites (N-methyl/N-ethyl adjacent to an activating group) is 1. The Hall–Kier alpha value is -2.53. The van der Waals surface area contributed by atoms with Gasteiger partial charge in [-0.25, -0.2) is 0 Å². The molecule has 1 amide bonds. The first kappa shape index (κ1) is 18.8. The molecule has 0 aliphatic carbocycles. The van der Waals surface area contributed by atoms with Gasteiger partial charge in [-0.1, -0.05) is 26.0 Å². The molecule has 0 saturated heterocycles. The predicted molar refractivity (Wildman–Crippen MR) is 101 cm³/mol. The van der Waals surface area contributed by atoms with Crippen LogP contribution in [0.15, 0.2) is 48.5 Å². The maximum atomic E-state index is 12.4. The van der Waals surface area contributed by atoms with Gasteiger partial charge in [0.1, 0.15) is 18.1 Å². The molecule has 0 aromatic heterocycles. The van der Waals surface area contributed by atoms with Gasteiger partial charge in [-0.2, -0.15) is 0 Å². The molecule has 0 bridgehead atoms. The van der Waals surface area contributed by atoms with Crippen molar-refractivity contribution in [2.75, 3.05) is 38.7 Å². The highest BCUT2D eigenvalue weighted by Crippen LogP contribution is 2.20. The van der Waals surface area contributed by atoms with Crippen molar-refractivity contribution in [3.63, 3.8) is 0 Å². The number of benzene rings is 2. The molecule has 5 nitrogen and oxygen atoms in total. The highest BCUT2D eigenvalue weighted by Gasteiger charge is 2.11. The monoisotopic (exact) mass is 342 g/mol. The largest absolute Gasteiger partial charge is 0.496 e. The molecule has 25 heavy (non-hydrogen) atoms. The van der Waals surface area contributed by atoms with Crippen molar-refractivity contribution in [2.24, 2.45) is 0 Å². The van der Waals surface area contributed by atoms with E-state index in [1.807, 2.05) is 36.4 Å². The lowest BCUT2D eigenvalue weighted by molar-refractivity contribution is 0.102. The zero-order valence-electron chi connectivity index (χ0n) is 15.1. The maximum absolute atomic E-state index is 12.4. The van der Waals surface area contributed by atoms with E-state index in [0.29, 0.717) is 23.6 Å². The Kier molecular flexibility index (Phi) is 7.29. The summed E-state index contributed by atoms with van der Waals surface area (Å²) in [6.07, 6.45) is 0. The number of methoxy groups -OCH3 is 1. The molecule has 134 valence electrons. The number of carbonyl (C=O) groups excluding carboxylic acids is 1. The summed E-state index contributed by atoms with van der Waals surface area (Å²) in [5.74, 6) is 1.14. The van der Waals surface area contributed by atoms with Crippen molar-refractivity contribution in [3.8, 4) is 11.5 Å². The Labute approximate surface area is 149 Å². The number of rotatable bonds is 9. The molecule has 5 heteroatoms. The lowest BCUT2D eigenvalue weighted by Crippen LogP contribution is -2.27. The van der Waals surface area contributed by atoms with E-state index in [9.17, 15) is 4.79 Å². The first-order chi connectivity index (χ1) is 12.2. The second kappa shape index (κ2) is 9.69. The van der Waals surface area contributed by atoms with Crippen LogP contribution in [0.5, 0.6) is 11.5 Å². The Morgan fingerprint density at radius 3 is 2.36 bits per heavy atom. The van der Waals surface area contributed by atoms with Gasteiger partial charge in [0, 0.05) is 12.2 Å². The van der Waals surface area contributed by atoms with Gasteiger partial charge in [-0.15, -0.1) is 0 Å². The number of para-hydroxylation sites is 1. The third kappa shape index (κ3) is 5.50. The standard InChI is InChI=1S/C20H26N2O3/c1-4-22(5-2)14-15-25-17-12-10-16(11-13-17)21-20(23)18-8-6-7-9-19(18)24-3/h6-13H,4-5,14-15H2,1-3H3,(H,21,23). The highest BCUT2D eigenvalue weighted by atomic mass is 16.5. The Morgan fingerprint density at radius 1 is 1.04 bits per heavy atom. The van der Waals surface area contributed by atoms with Crippen LogP contribution >= 0.6 is 0 Å². The first-order valence-corrected chi connectivity index (χ1v) is 8.57. The topological polar surface area (TPSA) is 50.8 Å². The number of nitrogens with one attached hydrogen (secondary N) is 1. The Morgan fingerprint density at radius 2 is 1.72 bits per heavy atom. The van der Waals surface area contributed by atoms with Crippen LogP contribution in [0.3, 0.4) is 0 Å². The zero-order valence-corrected chi connectivity index (χ0v) is 15.1. The fourth-order valence-corrected chi connectivity index (χ4v) is 2.50. The summed E-state index contributed by atoms with van der Waals surface area (Å²) >= 11 is 0. The van der Waals surface area contributed by atoms with E-state index in [-0.39, 0.29) is 5.91 Å². The van der Waals surface area contributed by atoms with Crippen LogP contribution in [0.2, 0.25) is 0 Å². The minimum atomic E-state index is -0.201. The molecule has 0 aliphatic heterocycles. The van der Waals surface area contributed by atoms with E-state index < -0.39 is 0 Å². The lowest BCUT2D eigenvalue weighted by Gasteiger charge is -2.18. The summed E-state index contributed by atoms with van der Waals surface area (Å²) < 4.78 is 11.0. The number of hydrogen-bond donors (Lipinski definition) is 1. The third-order valence-electron chi connectivity index (χ3n) is 4.03. The van der Waals surface area contributed by atoms with E-state index in [0.717, 1.165) is 25.4 Å². The van der Waals surface area contributed by atoms with Gasteiger partial charge in [0.2, 0.25) is 0 Å². The minimum absolute atomic E-state index is 0.201. The molecular weight excluding hydrogens is 316 g/mol. The van der Waals surface area contributed by atoms with Crippen LogP contribution in [0.25, 0.3) is 0 Å². The molecule has 2 rings (SSSR count). The molecule has 0 atom stereocenters. The van der Waals surface area contributed by atoms with Gasteiger partial charge < -0.3 is 19.7 Å². The second-order valence-electron chi connectivity index (χ2n) is 5.55. The number of carbonyl (C=O) groups is 1. The van der Waals surface area contributed by atoms with Gasteiger partial charge in [0.25, 0.3) is 5.91 Å². The van der Waals surface area contributed by atoms with E-state index in [1.165, 1.54) is 0 Å².